The molecule has 1 atom stereocenters. The number of para-hydroxylation sites is 1. The van der Waals surface area contributed by atoms with Gasteiger partial charge in [-0.3, -0.25) is 0 Å². The van der Waals surface area contributed by atoms with Crippen molar-refractivity contribution in [1.82, 2.24) is 4.31 Å². The highest BCUT2D eigenvalue weighted by Crippen LogP contribution is 2.47. The van der Waals surface area contributed by atoms with Crippen molar-refractivity contribution in [3.63, 3.8) is 0 Å². The Hall–Kier alpha value is -3.36. The number of nitrogens with zero attached hydrogens (tertiary/aromatic N) is 2. The monoisotopic (exact) mass is 477 g/mol. The van der Waals surface area contributed by atoms with Crippen molar-refractivity contribution in [2.45, 2.75) is 43.8 Å². The molecule has 7 nitrogen and oxygen atoms in total. The first-order valence-corrected chi connectivity index (χ1v) is 12.9. The van der Waals surface area contributed by atoms with E-state index in [-0.39, 0.29) is 16.6 Å². The molecule has 0 saturated carbocycles. The molecule has 5 rings (SSSR count). The summed E-state index contributed by atoms with van der Waals surface area (Å²) in [5.74, 6) is -1.01. The third kappa shape index (κ3) is 3.54. The zero-order chi connectivity index (χ0) is 24.0. The second-order valence-electron chi connectivity index (χ2n) is 8.75. The van der Waals surface area contributed by atoms with E-state index in [2.05, 4.69) is 17.1 Å². The maximum absolute atomic E-state index is 13.7. The van der Waals surface area contributed by atoms with Gasteiger partial charge in [-0.2, -0.15) is 4.31 Å². The lowest BCUT2D eigenvalue weighted by Gasteiger charge is -2.44. The number of sulfonamides is 1. The Balaban J connectivity index is 1.75. The van der Waals surface area contributed by atoms with Crippen molar-refractivity contribution >= 4 is 33.1 Å². The molecule has 3 aromatic rings. The molecule has 0 fully saturated rings. The van der Waals surface area contributed by atoms with Crippen LogP contribution >= 0.6 is 0 Å². The van der Waals surface area contributed by atoms with Crippen molar-refractivity contribution in [3.8, 4) is 11.1 Å². The van der Waals surface area contributed by atoms with E-state index in [1.165, 1.54) is 4.31 Å². The number of unbranched alkanes of at least 4 members (excludes halogenated alkanes) is 1. The van der Waals surface area contributed by atoms with Gasteiger partial charge < -0.3 is 15.3 Å². The fraction of sp³-hybridized carbons (Fsp3) is 0.269. The summed E-state index contributed by atoms with van der Waals surface area (Å²) in [5, 5.41) is 12.9. The SMILES string of the molecule is CCCC[C@@H]1N(c2ccccc2)c2cc3c(cc2S(=O)(=O)N1C)-c1cc(C(=O)O)ccc1CN3. The Kier molecular flexibility index (Phi) is 5.58. The highest BCUT2D eigenvalue weighted by Gasteiger charge is 2.42. The van der Waals surface area contributed by atoms with Gasteiger partial charge in [-0.25, -0.2) is 13.2 Å². The molecule has 0 aliphatic carbocycles. The molecule has 176 valence electrons. The topological polar surface area (TPSA) is 90.0 Å². The van der Waals surface area contributed by atoms with Gasteiger partial charge in [0.15, 0.2) is 0 Å². The average molecular weight is 478 g/mol. The van der Waals surface area contributed by atoms with Gasteiger partial charge in [-0.05, 0) is 53.9 Å². The molecule has 2 aliphatic heterocycles. The molecule has 0 unspecified atom stereocenters. The Morgan fingerprint density at radius 1 is 1.09 bits per heavy atom. The van der Waals surface area contributed by atoms with Gasteiger partial charge in [0, 0.05) is 30.5 Å². The van der Waals surface area contributed by atoms with Crippen LogP contribution in [0.25, 0.3) is 11.1 Å². The first-order valence-electron chi connectivity index (χ1n) is 11.4. The zero-order valence-corrected chi connectivity index (χ0v) is 20.0. The van der Waals surface area contributed by atoms with E-state index in [1.807, 2.05) is 36.4 Å². The number of benzene rings is 3. The summed E-state index contributed by atoms with van der Waals surface area (Å²) in [7, 11) is -2.11. The lowest BCUT2D eigenvalue weighted by Crippen LogP contribution is -2.51. The van der Waals surface area contributed by atoms with Crippen LogP contribution in [0.5, 0.6) is 0 Å². The molecular formula is C26H27N3O4S. The molecule has 2 aliphatic rings. The third-order valence-corrected chi connectivity index (χ3v) is 8.58. The van der Waals surface area contributed by atoms with Gasteiger partial charge in [0.05, 0.1) is 11.3 Å². The molecule has 0 bridgehead atoms. The lowest BCUT2D eigenvalue weighted by molar-refractivity contribution is 0.0697. The summed E-state index contributed by atoms with van der Waals surface area (Å²) >= 11 is 0. The van der Waals surface area contributed by atoms with Crippen molar-refractivity contribution in [2.24, 2.45) is 0 Å². The van der Waals surface area contributed by atoms with Crippen LogP contribution in [-0.4, -0.2) is 37.0 Å². The van der Waals surface area contributed by atoms with Crippen LogP contribution in [0.3, 0.4) is 0 Å². The van der Waals surface area contributed by atoms with Gasteiger partial charge in [-0.15, -0.1) is 0 Å². The second-order valence-corrected chi connectivity index (χ2v) is 10.7. The maximum atomic E-state index is 13.7. The number of aromatic carboxylic acids is 1. The third-order valence-electron chi connectivity index (χ3n) is 6.70. The molecule has 0 spiro atoms. The summed E-state index contributed by atoms with van der Waals surface area (Å²) < 4.78 is 28.9. The molecule has 3 aromatic carbocycles. The highest BCUT2D eigenvalue weighted by molar-refractivity contribution is 7.89. The molecule has 8 heteroatoms. The number of carboxylic acid groups (broad SMARTS) is 1. The molecule has 0 aromatic heterocycles. The molecule has 34 heavy (non-hydrogen) atoms. The molecular weight excluding hydrogens is 450 g/mol. The van der Waals surface area contributed by atoms with E-state index in [4.69, 9.17) is 0 Å². The fourth-order valence-electron chi connectivity index (χ4n) is 4.87. The predicted molar refractivity (Wildman–Crippen MR) is 133 cm³/mol. The Morgan fingerprint density at radius 3 is 2.56 bits per heavy atom. The van der Waals surface area contributed by atoms with Gasteiger partial charge in [0.1, 0.15) is 11.1 Å². The number of carbonyl (C=O) groups is 1. The smallest absolute Gasteiger partial charge is 0.335 e. The second kappa shape index (κ2) is 8.45. The van der Waals surface area contributed by atoms with Crippen molar-refractivity contribution in [3.05, 3.63) is 71.8 Å². The van der Waals surface area contributed by atoms with Gasteiger partial charge in [0.2, 0.25) is 10.0 Å². The van der Waals surface area contributed by atoms with Crippen LogP contribution in [0.1, 0.15) is 42.1 Å². The minimum Gasteiger partial charge on any atom is -0.478 e. The largest absolute Gasteiger partial charge is 0.478 e. The van der Waals surface area contributed by atoms with Crippen molar-refractivity contribution < 1.29 is 18.3 Å². The van der Waals surface area contributed by atoms with E-state index < -0.39 is 16.0 Å². The van der Waals surface area contributed by atoms with Gasteiger partial charge in [0.25, 0.3) is 0 Å². The Labute approximate surface area is 199 Å². The van der Waals surface area contributed by atoms with Crippen LogP contribution < -0.4 is 10.2 Å². The van der Waals surface area contributed by atoms with E-state index in [0.717, 1.165) is 35.3 Å². The summed E-state index contributed by atoms with van der Waals surface area (Å²) in [5.41, 5.74) is 4.90. The maximum Gasteiger partial charge on any atom is 0.335 e. The summed E-state index contributed by atoms with van der Waals surface area (Å²) in [4.78, 5) is 13.9. The number of fused-ring (bicyclic) bond motifs is 4. The van der Waals surface area contributed by atoms with Crippen LogP contribution in [0, 0.1) is 0 Å². The van der Waals surface area contributed by atoms with Gasteiger partial charge in [-0.1, -0.05) is 44.0 Å². The normalized spacial score (nSPS) is 18.4. The average Bonchev–Trinajstić information content (AvgIpc) is 2.84. The number of rotatable bonds is 5. The summed E-state index contributed by atoms with van der Waals surface area (Å²) in [6.45, 7) is 2.64. The van der Waals surface area contributed by atoms with Crippen LogP contribution in [0.15, 0.2) is 65.6 Å². The fourth-order valence-corrected chi connectivity index (χ4v) is 6.39. The molecule has 2 N–H and O–H groups in total. The Bertz CT molecular complexity index is 1370. The first-order chi connectivity index (χ1) is 16.3. The van der Waals surface area contributed by atoms with Gasteiger partial charge >= 0.3 is 5.97 Å². The molecule has 0 amide bonds. The van der Waals surface area contributed by atoms with E-state index in [1.54, 1.807) is 31.3 Å². The number of hydrogen-bond acceptors (Lipinski definition) is 5. The van der Waals surface area contributed by atoms with E-state index in [9.17, 15) is 18.3 Å². The molecule has 2 heterocycles. The zero-order valence-electron chi connectivity index (χ0n) is 19.2. The minimum absolute atomic E-state index is 0.176. The quantitative estimate of drug-likeness (QED) is 0.521. The summed E-state index contributed by atoms with van der Waals surface area (Å²) in [6, 6.07) is 18.4. The summed E-state index contributed by atoms with van der Waals surface area (Å²) in [6.07, 6.45) is 2.23. The highest BCUT2D eigenvalue weighted by atomic mass is 32.2. The Morgan fingerprint density at radius 2 is 1.85 bits per heavy atom. The van der Waals surface area contributed by atoms with Crippen LogP contribution in [0.4, 0.5) is 17.1 Å². The number of hydrogen-bond donors (Lipinski definition) is 2. The molecule has 0 radical (unpaired) electrons. The van der Waals surface area contributed by atoms with E-state index in [0.29, 0.717) is 24.2 Å². The molecule has 0 saturated heterocycles. The lowest BCUT2D eigenvalue weighted by atomic mass is 9.92. The van der Waals surface area contributed by atoms with E-state index >= 15 is 0 Å². The first kappa shape index (κ1) is 22.4. The standard InChI is InChI=1S/C26H27N3O4S/c1-3-4-10-25-28(2)34(32,33)24-14-21-20-13-17(26(30)31)11-12-18(20)16-27-22(21)15-23(24)29(25)19-8-6-5-7-9-19/h5-9,11-15,25,27H,3-4,10,16H2,1-2H3,(H,30,31)/t25-/m0/s1. The number of anilines is 3. The van der Waals surface area contributed by atoms with Crippen molar-refractivity contribution in [1.29, 1.82) is 0 Å². The number of nitrogens with one attached hydrogen (secondary N) is 1. The minimum atomic E-state index is -3.76. The predicted octanol–water partition coefficient (Wildman–Crippen LogP) is 5.27. The number of carboxylic acids is 1. The van der Waals surface area contributed by atoms with Crippen molar-refractivity contribution in [2.75, 3.05) is 17.3 Å². The van der Waals surface area contributed by atoms with Crippen LogP contribution in [0.2, 0.25) is 0 Å². The van der Waals surface area contributed by atoms with Crippen LogP contribution in [-0.2, 0) is 16.6 Å².